The zero-order chi connectivity index (χ0) is 17.3. The van der Waals surface area contributed by atoms with Gasteiger partial charge in [0.1, 0.15) is 0 Å². The van der Waals surface area contributed by atoms with Crippen LogP contribution < -0.4 is 5.32 Å². The molecule has 1 aromatic carbocycles. The Hall–Kier alpha value is -1.41. The number of rotatable bonds is 5. The van der Waals surface area contributed by atoms with Gasteiger partial charge in [-0.15, -0.1) is 0 Å². The van der Waals surface area contributed by atoms with Gasteiger partial charge in [-0.1, -0.05) is 13.8 Å². The summed E-state index contributed by atoms with van der Waals surface area (Å²) in [5, 5.41) is 1.86. The van der Waals surface area contributed by atoms with Crippen LogP contribution in [-0.2, 0) is 19.7 Å². The highest BCUT2D eigenvalue weighted by atomic mass is 32.2. The maximum Gasteiger partial charge on any atom is 0.251 e. The minimum atomic E-state index is -3.69. The van der Waals surface area contributed by atoms with Gasteiger partial charge in [0.25, 0.3) is 5.91 Å². The van der Waals surface area contributed by atoms with Crippen molar-refractivity contribution in [1.82, 2.24) is 5.32 Å². The molecule has 0 radical (unpaired) electrons. The molecule has 8 heteroatoms. The molecule has 1 heterocycles. The van der Waals surface area contributed by atoms with Crippen LogP contribution in [-0.4, -0.2) is 46.0 Å². The van der Waals surface area contributed by atoms with Crippen molar-refractivity contribution in [3.63, 3.8) is 0 Å². The molecule has 1 saturated heterocycles. The predicted octanol–water partition coefficient (Wildman–Crippen LogP) is 1.03. The van der Waals surface area contributed by atoms with Crippen LogP contribution in [0.25, 0.3) is 0 Å². The van der Waals surface area contributed by atoms with Crippen molar-refractivity contribution in [2.24, 2.45) is 5.92 Å². The predicted molar refractivity (Wildman–Crippen MR) is 87.9 cm³/mol. The van der Waals surface area contributed by atoms with Crippen molar-refractivity contribution in [2.45, 2.75) is 30.4 Å². The number of benzene rings is 1. The van der Waals surface area contributed by atoms with Gasteiger partial charge in [0.15, 0.2) is 19.7 Å². The summed E-state index contributed by atoms with van der Waals surface area (Å²) >= 11 is 0. The Morgan fingerprint density at radius 1 is 1.26 bits per heavy atom. The molecule has 0 spiro atoms. The molecule has 6 nitrogen and oxygen atoms in total. The number of hydrogen-bond acceptors (Lipinski definition) is 5. The van der Waals surface area contributed by atoms with Crippen molar-refractivity contribution in [2.75, 3.05) is 18.1 Å². The third kappa shape index (κ3) is 4.32. The molecule has 2 rings (SSSR count). The lowest BCUT2D eigenvalue weighted by molar-refractivity contribution is 0.0949. The largest absolute Gasteiger partial charge is 0.352 e. The topological polar surface area (TPSA) is 97.4 Å². The number of hydrogen-bond donors (Lipinski definition) is 1. The van der Waals surface area contributed by atoms with E-state index in [4.69, 9.17) is 0 Å². The maximum absolute atomic E-state index is 12.5. The van der Waals surface area contributed by atoms with Gasteiger partial charge in [-0.3, -0.25) is 4.79 Å². The summed E-state index contributed by atoms with van der Waals surface area (Å²) in [5.74, 6) is -0.354. The molecule has 23 heavy (non-hydrogen) atoms. The quantitative estimate of drug-likeness (QED) is 0.847. The summed E-state index contributed by atoms with van der Waals surface area (Å²) in [6.07, 6.45) is 0.126. The molecule has 0 bridgehead atoms. The monoisotopic (exact) mass is 359 g/mol. The van der Waals surface area contributed by atoms with E-state index < -0.39 is 24.9 Å². The Kier molecular flexibility index (Phi) is 5.15. The van der Waals surface area contributed by atoms with Gasteiger partial charge in [0.05, 0.1) is 21.7 Å². The highest BCUT2D eigenvalue weighted by molar-refractivity contribution is 7.96. The molecule has 1 aliphatic heterocycles. The average molecular weight is 359 g/mol. The van der Waals surface area contributed by atoms with Crippen LogP contribution in [0.3, 0.4) is 0 Å². The first kappa shape index (κ1) is 17.9. The van der Waals surface area contributed by atoms with E-state index in [1.165, 1.54) is 24.3 Å². The van der Waals surface area contributed by atoms with Crippen LogP contribution in [0.1, 0.15) is 30.6 Å². The van der Waals surface area contributed by atoms with E-state index in [0.29, 0.717) is 18.0 Å². The maximum atomic E-state index is 12.5. The second-order valence-electron chi connectivity index (χ2n) is 6.20. The third-order valence-electron chi connectivity index (χ3n) is 3.75. The van der Waals surface area contributed by atoms with Crippen LogP contribution in [0.2, 0.25) is 0 Å². The normalized spacial score (nSPS) is 20.6. The number of amides is 1. The molecule has 0 aliphatic carbocycles. The SMILES string of the molecule is CC(C)CNC(=O)c1ccc(S(=O)(=O)[C@@H]2CCS(=O)(=O)C2)cc1. The van der Waals surface area contributed by atoms with E-state index in [1.807, 2.05) is 13.8 Å². The van der Waals surface area contributed by atoms with Gasteiger partial charge in [0, 0.05) is 12.1 Å². The van der Waals surface area contributed by atoms with Crippen LogP contribution in [0.5, 0.6) is 0 Å². The van der Waals surface area contributed by atoms with Crippen LogP contribution in [0, 0.1) is 5.92 Å². The molecule has 1 fully saturated rings. The molecule has 128 valence electrons. The fraction of sp³-hybridized carbons (Fsp3) is 0.533. The van der Waals surface area contributed by atoms with Gasteiger partial charge in [0.2, 0.25) is 0 Å². The van der Waals surface area contributed by atoms with Gasteiger partial charge < -0.3 is 5.32 Å². The standard InChI is InChI=1S/C15H21NO5S2/c1-11(2)9-16-15(17)12-3-5-13(6-4-12)23(20,21)14-7-8-22(18,19)10-14/h3-6,11,14H,7-10H2,1-2H3,(H,16,17)/t14-/m1/s1. The summed E-state index contributed by atoms with van der Waals surface area (Å²) in [7, 11) is -6.96. The fourth-order valence-electron chi connectivity index (χ4n) is 2.39. The van der Waals surface area contributed by atoms with Crippen molar-refractivity contribution in [3.8, 4) is 0 Å². The Morgan fingerprint density at radius 3 is 2.35 bits per heavy atom. The van der Waals surface area contributed by atoms with Crippen molar-refractivity contribution >= 4 is 25.6 Å². The Bertz CT molecular complexity index is 780. The lowest BCUT2D eigenvalue weighted by Crippen LogP contribution is -2.27. The zero-order valence-corrected chi connectivity index (χ0v) is 14.8. The van der Waals surface area contributed by atoms with Gasteiger partial charge in [-0.25, -0.2) is 16.8 Å². The fourth-order valence-corrected chi connectivity index (χ4v) is 6.75. The molecule has 1 atom stereocenters. The van der Waals surface area contributed by atoms with E-state index >= 15 is 0 Å². The number of carbonyl (C=O) groups excluding carboxylic acids is 1. The number of carbonyl (C=O) groups is 1. The van der Waals surface area contributed by atoms with E-state index in [-0.39, 0.29) is 28.7 Å². The molecule has 0 unspecified atom stereocenters. The Labute approximate surface area is 137 Å². The second-order valence-corrected chi connectivity index (χ2v) is 10.7. The molecule has 0 aromatic heterocycles. The second kappa shape index (κ2) is 6.60. The van der Waals surface area contributed by atoms with Crippen molar-refractivity contribution in [3.05, 3.63) is 29.8 Å². The van der Waals surface area contributed by atoms with Gasteiger partial charge in [-0.2, -0.15) is 0 Å². The van der Waals surface area contributed by atoms with Gasteiger partial charge >= 0.3 is 0 Å². The first-order valence-electron chi connectivity index (χ1n) is 7.44. The summed E-state index contributed by atoms with van der Waals surface area (Å²) in [4.78, 5) is 12.0. The summed E-state index contributed by atoms with van der Waals surface area (Å²) in [5.41, 5.74) is 0.378. The Balaban J connectivity index is 2.14. The van der Waals surface area contributed by atoms with Crippen LogP contribution >= 0.6 is 0 Å². The minimum absolute atomic E-state index is 0.0556. The molecule has 0 saturated carbocycles. The van der Waals surface area contributed by atoms with E-state index in [1.54, 1.807) is 0 Å². The molecule has 1 N–H and O–H groups in total. The number of sulfone groups is 2. The summed E-state index contributed by atoms with van der Waals surface area (Å²) < 4.78 is 47.9. The highest BCUT2D eigenvalue weighted by Gasteiger charge is 2.37. The van der Waals surface area contributed by atoms with E-state index in [9.17, 15) is 21.6 Å². The molecule has 1 aromatic rings. The third-order valence-corrected chi connectivity index (χ3v) is 7.93. The molecule has 1 aliphatic rings. The molecular formula is C15H21NO5S2. The van der Waals surface area contributed by atoms with E-state index in [0.717, 1.165) is 0 Å². The molecular weight excluding hydrogens is 338 g/mol. The lowest BCUT2D eigenvalue weighted by Gasteiger charge is -2.11. The first-order valence-corrected chi connectivity index (χ1v) is 10.8. The van der Waals surface area contributed by atoms with Crippen molar-refractivity contribution < 1.29 is 21.6 Å². The zero-order valence-electron chi connectivity index (χ0n) is 13.2. The Morgan fingerprint density at radius 2 is 1.87 bits per heavy atom. The van der Waals surface area contributed by atoms with Crippen molar-refractivity contribution in [1.29, 1.82) is 0 Å². The first-order chi connectivity index (χ1) is 10.6. The van der Waals surface area contributed by atoms with Crippen LogP contribution in [0.4, 0.5) is 0 Å². The van der Waals surface area contributed by atoms with E-state index in [2.05, 4.69) is 5.32 Å². The van der Waals surface area contributed by atoms with Crippen LogP contribution in [0.15, 0.2) is 29.2 Å². The molecule has 1 amide bonds. The summed E-state index contributed by atoms with van der Waals surface area (Å²) in [6, 6.07) is 5.63. The smallest absolute Gasteiger partial charge is 0.251 e. The highest BCUT2D eigenvalue weighted by Crippen LogP contribution is 2.25. The lowest BCUT2D eigenvalue weighted by atomic mass is 10.2. The average Bonchev–Trinajstić information content (AvgIpc) is 2.85. The minimum Gasteiger partial charge on any atom is -0.352 e. The summed E-state index contributed by atoms with van der Waals surface area (Å²) in [6.45, 7) is 4.50. The number of nitrogens with one attached hydrogen (secondary N) is 1. The van der Waals surface area contributed by atoms with Gasteiger partial charge in [-0.05, 0) is 36.6 Å².